The van der Waals surface area contributed by atoms with Gasteiger partial charge in [-0.2, -0.15) is 0 Å². The van der Waals surface area contributed by atoms with Gasteiger partial charge in [0, 0.05) is 12.5 Å². The van der Waals surface area contributed by atoms with Crippen molar-refractivity contribution in [3.05, 3.63) is 17.9 Å². The van der Waals surface area contributed by atoms with Gasteiger partial charge in [-0.1, -0.05) is 25.6 Å². The van der Waals surface area contributed by atoms with Crippen molar-refractivity contribution in [3.63, 3.8) is 0 Å². The zero-order chi connectivity index (χ0) is 12.7. The molecule has 1 heterocycles. The zero-order valence-electron chi connectivity index (χ0n) is 10.5. The number of ether oxygens (including phenoxy) is 1. The van der Waals surface area contributed by atoms with Crippen molar-refractivity contribution >= 4 is 14.0 Å². The third kappa shape index (κ3) is 6.48. The summed E-state index contributed by atoms with van der Waals surface area (Å²) in [7, 11) is -1.32. The topological polar surface area (TPSA) is 26.3 Å². The van der Waals surface area contributed by atoms with Crippen molar-refractivity contribution in [2.24, 2.45) is 0 Å². The summed E-state index contributed by atoms with van der Waals surface area (Å²) in [5, 5.41) is 0. The van der Waals surface area contributed by atoms with E-state index in [2.05, 4.69) is 48.7 Å². The van der Waals surface area contributed by atoms with Crippen LogP contribution in [0.15, 0.2) is 17.9 Å². The fraction of sp³-hybridized carbons (Fsp3) is 0.429. The minimum atomic E-state index is -1.32. The number of cyclic esters (lactones) is 1. The van der Waals surface area contributed by atoms with E-state index >= 15 is 0 Å². The van der Waals surface area contributed by atoms with Gasteiger partial charge in [0.05, 0.1) is 0 Å². The Hall–Kier alpha value is -1.67. The highest BCUT2D eigenvalue weighted by Gasteiger charge is 2.20. The van der Waals surface area contributed by atoms with Gasteiger partial charge in [-0.15, -0.1) is 11.3 Å². The molecule has 0 aromatic heterocycles. The van der Waals surface area contributed by atoms with Crippen molar-refractivity contribution in [3.8, 4) is 23.3 Å². The van der Waals surface area contributed by atoms with Crippen LogP contribution in [0, 0.1) is 23.3 Å². The summed E-state index contributed by atoms with van der Waals surface area (Å²) in [4.78, 5) is 10.8. The summed E-state index contributed by atoms with van der Waals surface area (Å²) < 4.78 is 4.99. The van der Waals surface area contributed by atoms with E-state index in [1.54, 1.807) is 12.2 Å². The van der Waals surface area contributed by atoms with E-state index in [0.29, 0.717) is 6.42 Å². The minimum absolute atomic E-state index is 0.131. The maximum absolute atomic E-state index is 10.8. The first-order valence-electron chi connectivity index (χ1n) is 5.61. The van der Waals surface area contributed by atoms with Crippen LogP contribution in [0.25, 0.3) is 0 Å². The Bertz CT molecular complexity index is 468. The van der Waals surface area contributed by atoms with Crippen molar-refractivity contribution in [1.82, 2.24) is 0 Å². The molecule has 1 fully saturated rings. The van der Waals surface area contributed by atoms with Gasteiger partial charge in [0.25, 0.3) is 0 Å². The predicted molar refractivity (Wildman–Crippen MR) is 70.7 cm³/mol. The fourth-order valence-electron chi connectivity index (χ4n) is 1.15. The molecule has 1 atom stereocenters. The number of hydrogen-bond donors (Lipinski definition) is 0. The van der Waals surface area contributed by atoms with Crippen LogP contribution in [-0.2, 0) is 9.53 Å². The van der Waals surface area contributed by atoms with Gasteiger partial charge in [0.15, 0.2) is 0 Å². The number of carbonyl (C=O) groups excluding carboxylic acids is 1. The third-order valence-corrected chi connectivity index (χ3v) is 2.80. The van der Waals surface area contributed by atoms with E-state index in [0.717, 1.165) is 6.42 Å². The number of carbonyl (C=O) groups is 1. The van der Waals surface area contributed by atoms with Gasteiger partial charge in [-0.3, -0.25) is 4.79 Å². The highest BCUT2D eigenvalue weighted by molar-refractivity contribution is 6.83. The van der Waals surface area contributed by atoms with Crippen LogP contribution >= 0.6 is 0 Å². The molecule has 0 aliphatic carbocycles. The Morgan fingerprint density at radius 1 is 1.35 bits per heavy atom. The molecule has 1 aliphatic heterocycles. The van der Waals surface area contributed by atoms with Gasteiger partial charge in [0.2, 0.25) is 0 Å². The SMILES string of the molecule is C[Si](C)(C)C#CC#CC=C=C[C@H]1CCC(=O)O1. The Balaban J connectivity index is 2.44. The lowest BCUT2D eigenvalue weighted by Crippen LogP contribution is -2.16. The van der Waals surface area contributed by atoms with Crippen molar-refractivity contribution in [2.45, 2.75) is 38.6 Å². The zero-order valence-corrected chi connectivity index (χ0v) is 11.5. The highest BCUT2D eigenvalue weighted by Crippen LogP contribution is 2.13. The molecule has 1 aliphatic rings. The summed E-state index contributed by atoms with van der Waals surface area (Å²) >= 11 is 0. The summed E-state index contributed by atoms with van der Waals surface area (Å²) in [6.07, 6.45) is 4.43. The van der Waals surface area contributed by atoms with Gasteiger partial charge < -0.3 is 4.74 Å². The smallest absolute Gasteiger partial charge is 0.306 e. The molecule has 0 saturated carbocycles. The number of rotatable bonds is 1. The van der Waals surface area contributed by atoms with Crippen LogP contribution in [0.2, 0.25) is 19.6 Å². The van der Waals surface area contributed by atoms with Crippen LogP contribution in [0.3, 0.4) is 0 Å². The standard InChI is InChI=1S/C14H16O2Si/c1-17(2,3)12-8-6-4-5-7-9-13-10-11-14(15)16-13/h5,9,13H,10-11H2,1-3H3/t7?,13-/m0/s1. The summed E-state index contributed by atoms with van der Waals surface area (Å²) in [5.41, 5.74) is 6.04. The Morgan fingerprint density at radius 3 is 2.71 bits per heavy atom. The Labute approximate surface area is 104 Å². The van der Waals surface area contributed by atoms with Crippen LogP contribution < -0.4 is 0 Å². The van der Waals surface area contributed by atoms with E-state index in [4.69, 9.17) is 4.74 Å². The number of esters is 1. The maximum atomic E-state index is 10.8. The molecule has 0 amide bonds. The average molecular weight is 244 g/mol. The molecular formula is C14H16O2Si. The molecule has 0 bridgehead atoms. The molecule has 0 aromatic rings. The molecule has 0 radical (unpaired) electrons. The van der Waals surface area contributed by atoms with Gasteiger partial charge in [-0.05, 0) is 24.3 Å². The lowest BCUT2D eigenvalue weighted by Gasteiger charge is -2.01. The molecule has 0 aromatic carbocycles. The molecule has 88 valence electrons. The van der Waals surface area contributed by atoms with E-state index in [1.807, 2.05) is 0 Å². The van der Waals surface area contributed by atoms with Crippen LogP contribution in [0.4, 0.5) is 0 Å². The quantitative estimate of drug-likeness (QED) is 0.306. The fourth-order valence-corrected chi connectivity index (χ4v) is 1.59. The van der Waals surface area contributed by atoms with E-state index in [-0.39, 0.29) is 12.1 Å². The monoisotopic (exact) mass is 244 g/mol. The highest BCUT2D eigenvalue weighted by atomic mass is 28.3. The first-order chi connectivity index (χ1) is 7.97. The Kier molecular flexibility index (Phi) is 4.85. The van der Waals surface area contributed by atoms with Gasteiger partial charge in [0.1, 0.15) is 14.2 Å². The normalized spacial score (nSPS) is 17.8. The van der Waals surface area contributed by atoms with Crippen molar-refractivity contribution < 1.29 is 9.53 Å². The van der Waals surface area contributed by atoms with E-state index in [1.165, 1.54) is 0 Å². The van der Waals surface area contributed by atoms with Crippen molar-refractivity contribution in [2.75, 3.05) is 0 Å². The van der Waals surface area contributed by atoms with Gasteiger partial charge in [-0.25, -0.2) is 0 Å². The second kappa shape index (κ2) is 6.16. The van der Waals surface area contributed by atoms with Crippen molar-refractivity contribution in [1.29, 1.82) is 0 Å². The summed E-state index contributed by atoms with van der Waals surface area (Å²) in [6.45, 7) is 6.52. The maximum Gasteiger partial charge on any atom is 0.306 e. The Morgan fingerprint density at radius 2 is 2.12 bits per heavy atom. The number of hydrogen-bond acceptors (Lipinski definition) is 2. The molecule has 0 N–H and O–H groups in total. The molecule has 3 heteroatoms. The lowest BCUT2D eigenvalue weighted by atomic mass is 10.2. The molecule has 1 rings (SSSR count). The minimum Gasteiger partial charge on any atom is -0.457 e. The van der Waals surface area contributed by atoms with Crippen LogP contribution in [0.1, 0.15) is 12.8 Å². The second-order valence-corrected chi connectivity index (χ2v) is 9.56. The largest absolute Gasteiger partial charge is 0.457 e. The van der Waals surface area contributed by atoms with E-state index in [9.17, 15) is 4.79 Å². The van der Waals surface area contributed by atoms with Crippen LogP contribution in [-0.4, -0.2) is 20.1 Å². The van der Waals surface area contributed by atoms with Crippen LogP contribution in [0.5, 0.6) is 0 Å². The summed E-state index contributed by atoms with van der Waals surface area (Å²) in [5.74, 6) is 8.24. The lowest BCUT2D eigenvalue weighted by molar-refractivity contribution is -0.139. The molecular weight excluding hydrogens is 228 g/mol. The first-order valence-corrected chi connectivity index (χ1v) is 9.11. The molecule has 1 saturated heterocycles. The summed E-state index contributed by atoms with van der Waals surface area (Å²) in [6, 6.07) is 0. The predicted octanol–water partition coefficient (Wildman–Crippen LogP) is 2.29. The van der Waals surface area contributed by atoms with E-state index < -0.39 is 8.07 Å². The first kappa shape index (κ1) is 13.4. The molecule has 2 nitrogen and oxygen atoms in total. The third-order valence-electron chi connectivity index (χ3n) is 1.93. The molecule has 0 spiro atoms. The second-order valence-electron chi connectivity index (χ2n) is 4.81. The van der Waals surface area contributed by atoms with Gasteiger partial charge >= 0.3 is 5.97 Å². The average Bonchev–Trinajstić information content (AvgIpc) is 2.61. The molecule has 17 heavy (non-hydrogen) atoms. The molecule has 0 unspecified atom stereocenters.